The predicted molar refractivity (Wildman–Crippen MR) is 82.8 cm³/mol. The summed E-state index contributed by atoms with van der Waals surface area (Å²) >= 11 is 0. The van der Waals surface area contributed by atoms with E-state index in [9.17, 15) is 8.42 Å². The van der Waals surface area contributed by atoms with Crippen molar-refractivity contribution in [2.45, 2.75) is 70.4 Å². The van der Waals surface area contributed by atoms with Crippen molar-refractivity contribution in [3.05, 3.63) is 17.1 Å². The van der Waals surface area contributed by atoms with Crippen LogP contribution in [-0.4, -0.2) is 20.5 Å². The summed E-state index contributed by atoms with van der Waals surface area (Å²) in [5.74, 6) is 1.14. The second kappa shape index (κ2) is 6.10. The van der Waals surface area contributed by atoms with Crippen molar-refractivity contribution in [2.24, 2.45) is 0 Å². The third kappa shape index (κ3) is 3.17. The number of sulfonamides is 1. The minimum atomic E-state index is -3.55. The van der Waals surface area contributed by atoms with Crippen molar-refractivity contribution in [3.8, 4) is 0 Å². The van der Waals surface area contributed by atoms with Gasteiger partial charge in [-0.1, -0.05) is 13.8 Å². The maximum atomic E-state index is 12.8. The Balaban J connectivity index is 2.35. The summed E-state index contributed by atoms with van der Waals surface area (Å²) in [5.41, 5.74) is 0.485. The third-order valence-corrected chi connectivity index (χ3v) is 6.26. The number of hydrogen-bond donors (Lipinski definition) is 2. The highest BCUT2D eigenvalue weighted by atomic mass is 32.2. The van der Waals surface area contributed by atoms with E-state index in [1.165, 1.54) is 0 Å². The molecule has 2 N–H and O–H groups in total. The summed E-state index contributed by atoms with van der Waals surface area (Å²) in [5, 5.41) is 3.18. The molecule has 0 spiro atoms. The average molecular weight is 314 g/mol. The lowest BCUT2D eigenvalue weighted by atomic mass is 9.76. The van der Waals surface area contributed by atoms with Crippen LogP contribution in [0.15, 0.2) is 9.31 Å². The monoisotopic (exact) mass is 314 g/mol. The van der Waals surface area contributed by atoms with Gasteiger partial charge in [0.25, 0.3) is 0 Å². The van der Waals surface area contributed by atoms with Crippen LogP contribution in [0.3, 0.4) is 0 Å². The van der Waals surface area contributed by atoms with E-state index >= 15 is 0 Å². The molecule has 1 aromatic heterocycles. The molecule has 5 nitrogen and oxygen atoms in total. The zero-order chi connectivity index (χ0) is 15.7. The molecular weight excluding hydrogens is 288 g/mol. The molecule has 1 aliphatic rings. The largest absolute Gasteiger partial charge is 0.465 e. The Morgan fingerprint density at radius 1 is 1.19 bits per heavy atom. The number of nitrogens with one attached hydrogen (secondary N) is 2. The van der Waals surface area contributed by atoms with Crippen LogP contribution < -0.4 is 10.0 Å². The van der Waals surface area contributed by atoms with Gasteiger partial charge in [-0.2, -0.15) is 0 Å². The summed E-state index contributed by atoms with van der Waals surface area (Å²) in [7, 11) is -3.55. The van der Waals surface area contributed by atoms with Gasteiger partial charge in [-0.25, -0.2) is 13.1 Å². The fourth-order valence-corrected chi connectivity index (χ4v) is 4.96. The van der Waals surface area contributed by atoms with Crippen molar-refractivity contribution in [1.29, 1.82) is 0 Å². The summed E-state index contributed by atoms with van der Waals surface area (Å²) in [4.78, 5) is 0.320. The van der Waals surface area contributed by atoms with Gasteiger partial charge in [0.2, 0.25) is 10.0 Å². The van der Waals surface area contributed by atoms with Crippen LogP contribution in [-0.2, 0) is 16.6 Å². The SMILES string of the molecule is CCNCc1c(C)oc(C)c1S(=O)(=O)NC1(CC)CCC1. The van der Waals surface area contributed by atoms with E-state index in [4.69, 9.17) is 4.42 Å². The lowest BCUT2D eigenvalue weighted by molar-refractivity contribution is 0.213. The molecular formula is C15H26N2O3S. The quantitative estimate of drug-likeness (QED) is 0.811. The van der Waals surface area contributed by atoms with Gasteiger partial charge < -0.3 is 9.73 Å². The summed E-state index contributed by atoms with van der Waals surface area (Å²) < 4.78 is 34.1. The van der Waals surface area contributed by atoms with Crippen LogP contribution in [0, 0.1) is 13.8 Å². The predicted octanol–water partition coefficient (Wildman–Crippen LogP) is 2.62. The van der Waals surface area contributed by atoms with Gasteiger partial charge in [0.15, 0.2) is 0 Å². The average Bonchev–Trinajstić information content (AvgIpc) is 2.66. The molecule has 1 fully saturated rings. The van der Waals surface area contributed by atoms with Gasteiger partial charge in [0, 0.05) is 17.6 Å². The van der Waals surface area contributed by atoms with Crippen LogP contribution in [0.4, 0.5) is 0 Å². The summed E-state index contributed by atoms with van der Waals surface area (Å²) in [6.45, 7) is 8.86. The van der Waals surface area contributed by atoms with Crippen LogP contribution in [0.5, 0.6) is 0 Å². The van der Waals surface area contributed by atoms with Gasteiger partial charge in [0.1, 0.15) is 16.4 Å². The normalized spacial score (nSPS) is 17.7. The van der Waals surface area contributed by atoms with Gasteiger partial charge in [-0.3, -0.25) is 0 Å². The first kappa shape index (κ1) is 16.5. The second-order valence-corrected chi connectivity index (χ2v) is 7.51. The lowest BCUT2D eigenvalue weighted by Crippen LogP contribution is -2.53. The summed E-state index contributed by atoms with van der Waals surface area (Å²) in [6.07, 6.45) is 3.75. The zero-order valence-electron chi connectivity index (χ0n) is 13.4. The molecule has 2 rings (SSSR count). The Bertz CT molecular complexity index is 595. The maximum absolute atomic E-state index is 12.8. The number of hydrogen-bond acceptors (Lipinski definition) is 4. The van der Waals surface area contributed by atoms with E-state index in [1.807, 2.05) is 20.8 Å². The molecule has 0 saturated heterocycles. The first-order chi connectivity index (χ1) is 9.85. The molecule has 1 saturated carbocycles. The van der Waals surface area contributed by atoms with Crippen LogP contribution in [0.25, 0.3) is 0 Å². The minimum absolute atomic E-state index is 0.258. The van der Waals surface area contributed by atoms with Crippen LogP contribution >= 0.6 is 0 Å². The molecule has 1 aromatic rings. The van der Waals surface area contributed by atoms with Gasteiger partial charge >= 0.3 is 0 Å². The molecule has 0 aliphatic heterocycles. The molecule has 120 valence electrons. The van der Waals surface area contributed by atoms with E-state index in [1.54, 1.807) is 6.92 Å². The van der Waals surface area contributed by atoms with E-state index in [0.29, 0.717) is 23.0 Å². The molecule has 0 unspecified atom stereocenters. The van der Waals surface area contributed by atoms with Crippen molar-refractivity contribution < 1.29 is 12.8 Å². The van der Waals surface area contributed by atoms with E-state index in [-0.39, 0.29) is 5.54 Å². The molecule has 6 heteroatoms. The van der Waals surface area contributed by atoms with Crippen molar-refractivity contribution in [1.82, 2.24) is 10.0 Å². The molecule has 1 heterocycles. The number of rotatable bonds is 7. The summed E-state index contributed by atoms with van der Waals surface area (Å²) in [6, 6.07) is 0. The smallest absolute Gasteiger partial charge is 0.244 e. The second-order valence-electron chi connectivity index (χ2n) is 5.90. The molecule has 0 bridgehead atoms. The molecule has 0 radical (unpaired) electrons. The first-order valence-corrected chi connectivity index (χ1v) is 9.17. The maximum Gasteiger partial charge on any atom is 0.244 e. The topological polar surface area (TPSA) is 71.3 Å². The molecule has 0 amide bonds. The zero-order valence-corrected chi connectivity index (χ0v) is 14.2. The third-order valence-electron chi connectivity index (χ3n) is 4.48. The standard InChI is InChI=1S/C15H26N2O3S/c1-5-15(8-7-9-15)17-21(18,19)14-12(4)20-11(3)13(14)10-16-6-2/h16-17H,5-10H2,1-4H3. The number of aryl methyl sites for hydroxylation is 2. The van der Waals surface area contributed by atoms with Gasteiger partial charge in [0.05, 0.1) is 0 Å². The van der Waals surface area contributed by atoms with Gasteiger partial charge in [-0.05, 0) is 46.1 Å². The Kier molecular flexibility index (Phi) is 4.80. The van der Waals surface area contributed by atoms with E-state index in [0.717, 1.165) is 37.8 Å². The fraction of sp³-hybridized carbons (Fsp3) is 0.733. The molecule has 0 aromatic carbocycles. The first-order valence-electron chi connectivity index (χ1n) is 7.69. The fourth-order valence-electron chi connectivity index (χ4n) is 2.98. The minimum Gasteiger partial charge on any atom is -0.465 e. The molecule has 1 aliphatic carbocycles. The Morgan fingerprint density at radius 2 is 1.86 bits per heavy atom. The van der Waals surface area contributed by atoms with Crippen LogP contribution in [0.2, 0.25) is 0 Å². The highest BCUT2D eigenvalue weighted by molar-refractivity contribution is 7.89. The molecule has 21 heavy (non-hydrogen) atoms. The van der Waals surface area contributed by atoms with Gasteiger partial charge in [-0.15, -0.1) is 0 Å². The van der Waals surface area contributed by atoms with Crippen LogP contribution in [0.1, 0.15) is 56.6 Å². The lowest BCUT2D eigenvalue weighted by Gasteiger charge is -2.41. The van der Waals surface area contributed by atoms with E-state index in [2.05, 4.69) is 10.0 Å². The highest BCUT2D eigenvalue weighted by Gasteiger charge is 2.40. The van der Waals surface area contributed by atoms with E-state index < -0.39 is 10.0 Å². The van der Waals surface area contributed by atoms with Crippen molar-refractivity contribution in [3.63, 3.8) is 0 Å². The Labute approximate surface area is 127 Å². The van der Waals surface area contributed by atoms with Crippen molar-refractivity contribution >= 4 is 10.0 Å². The Morgan fingerprint density at radius 3 is 2.33 bits per heavy atom. The molecule has 0 atom stereocenters. The Hall–Kier alpha value is -0.850. The highest BCUT2D eigenvalue weighted by Crippen LogP contribution is 2.37. The van der Waals surface area contributed by atoms with Crippen molar-refractivity contribution in [2.75, 3.05) is 6.54 Å². The number of furan rings is 1.